The van der Waals surface area contributed by atoms with E-state index in [0.717, 1.165) is 29.9 Å². The van der Waals surface area contributed by atoms with Crippen molar-refractivity contribution in [3.8, 4) is 5.75 Å². The molecule has 0 atom stereocenters. The van der Waals surface area contributed by atoms with Gasteiger partial charge in [-0.1, -0.05) is 48.9 Å². The molecule has 0 spiro atoms. The minimum Gasteiger partial charge on any atom is -0.490 e. The highest BCUT2D eigenvalue weighted by Gasteiger charge is 2.14. The van der Waals surface area contributed by atoms with E-state index in [1.165, 1.54) is 43.2 Å². The summed E-state index contributed by atoms with van der Waals surface area (Å²) in [6.45, 7) is 2.13. The lowest BCUT2D eigenvalue weighted by Gasteiger charge is -2.23. The van der Waals surface area contributed by atoms with Gasteiger partial charge in [-0.05, 0) is 74.3 Å². The highest BCUT2D eigenvalue weighted by Crippen LogP contribution is 2.24. The van der Waals surface area contributed by atoms with Crippen LogP contribution in [0.4, 0.5) is 0 Å². The van der Waals surface area contributed by atoms with Crippen LogP contribution in [0.25, 0.3) is 5.70 Å². The van der Waals surface area contributed by atoms with Crippen LogP contribution in [0.15, 0.2) is 60.2 Å². The molecular formula is C23H29NO. The summed E-state index contributed by atoms with van der Waals surface area (Å²) in [5.41, 5.74) is 10.9. The fourth-order valence-electron chi connectivity index (χ4n) is 3.44. The maximum atomic E-state index is 6.29. The van der Waals surface area contributed by atoms with Crippen molar-refractivity contribution in [2.45, 2.75) is 58.0 Å². The Labute approximate surface area is 151 Å². The number of hydrogen-bond acceptors (Lipinski definition) is 2. The SMILES string of the molecule is C/C(CCc1ccc(OC2CCCCC2)cc1)=C(/N)c1ccccc1. The fraction of sp³-hybridized carbons (Fsp3) is 0.391. The monoisotopic (exact) mass is 335 g/mol. The van der Waals surface area contributed by atoms with Crippen LogP contribution in [0, 0.1) is 0 Å². The van der Waals surface area contributed by atoms with Gasteiger partial charge in [0, 0.05) is 5.70 Å². The summed E-state index contributed by atoms with van der Waals surface area (Å²) in [7, 11) is 0. The van der Waals surface area contributed by atoms with Crippen LogP contribution in [0.1, 0.15) is 56.6 Å². The standard InChI is InChI=1S/C23H29NO/c1-18(23(24)20-8-4-2-5-9-20)12-13-19-14-16-22(17-15-19)25-21-10-6-3-7-11-21/h2,4-5,8-9,14-17,21H,3,6-7,10-13,24H2,1H3/b23-18-. The molecule has 0 bridgehead atoms. The van der Waals surface area contributed by atoms with Crippen LogP contribution < -0.4 is 10.5 Å². The summed E-state index contributed by atoms with van der Waals surface area (Å²) in [5.74, 6) is 1.01. The number of rotatable bonds is 6. The van der Waals surface area contributed by atoms with Crippen molar-refractivity contribution in [2.24, 2.45) is 5.73 Å². The number of nitrogens with two attached hydrogens (primary N) is 1. The van der Waals surface area contributed by atoms with Gasteiger partial charge in [-0.15, -0.1) is 0 Å². The first-order valence-electron chi connectivity index (χ1n) is 9.48. The Balaban J connectivity index is 1.54. The van der Waals surface area contributed by atoms with Crippen LogP contribution in [0.3, 0.4) is 0 Å². The molecule has 1 saturated carbocycles. The molecule has 0 amide bonds. The van der Waals surface area contributed by atoms with E-state index in [-0.39, 0.29) is 0 Å². The Morgan fingerprint density at radius 2 is 1.64 bits per heavy atom. The maximum Gasteiger partial charge on any atom is 0.119 e. The Morgan fingerprint density at radius 3 is 2.32 bits per heavy atom. The number of ether oxygens (including phenoxy) is 1. The molecule has 2 aromatic rings. The molecule has 25 heavy (non-hydrogen) atoms. The van der Waals surface area contributed by atoms with Gasteiger partial charge >= 0.3 is 0 Å². The molecule has 2 aromatic carbocycles. The third-order valence-corrected chi connectivity index (χ3v) is 5.11. The zero-order chi connectivity index (χ0) is 17.5. The summed E-state index contributed by atoms with van der Waals surface area (Å²) in [6.07, 6.45) is 8.75. The Kier molecular flexibility index (Phi) is 6.16. The number of hydrogen-bond donors (Lipinski definition) is 1. The Hall–Kier alpha value is -2.22. The van der Waals surface area contributed by atoms with E-state index in [4.69, 9.17) is 10.5 Å². The van der Waals surface area contributed by atoms with Crippen molar-refractivity contribution in [1.29, 1.82) is 0 Å². The molecule has 0 saturated heterocycles. The zero-order valence-corrected chi connectivity index (χ0v) is 15.2. The van der Waals surface area contributed by atoms with Crippen molar-refractivity contribution in [1.82, 2.24) is 0 Å². The molecule has 132 valence electrons. The second-order valence-corrected chi connectivity index (χ2v) is 7.08. The second-order valence-electron chi connectivity index (χ2n) is 7.08. The Morgan fingerprint density at radius 1 is 0.960 bits per heavy atom. The molecule has 0 aliphatic heterocycles. The average molecular weight is 335 g/mol. The summed E-state index contributed by atoms with van der Waals surface area (Å²) in [5, 5.41) is 0. The number of aryl methyl sites for hydroxylation is 1. The molecule has 2 N–H and O–H groups in total. The van der Waals surface area contributed by atoms with E-state index in [9.17, 15) is 0 Å². The average Bonchev–Trinajstić information content (AvgIpc) is 2.68. The smallest absolute Gasteiger partial charge is 0.119 e. The van der Waals surface area contributed by atoms with E-state index >= 15 is 0 Å². The van der Waals surface area contributed by atoms with Crippen LogP contribution in [-0.4, -0.2) is 6.10 Å². The van der Waals surface area contributed by atoms with Gasteiger partial charge in [0.25, 0.3) is 0 Å². The first-order chi connectivity index (χ1) is 12.2. The van der Waals surface area contributed by atoms with Gasteiger partial charge in [0.1, 0.15) is 5.75 Å². The van der Waals surface area contributed by atoms with Crippen molar-refractivity contribution in [3.05, 3.63) is 71.3 Å². The molecule has 0 radical (unpaired) electrons. The van der Waals surface area contributed by atoms with E-state index < -0.39 is 0 Å². The lowest BCUT2D eigenvalue weighted by atomic mass is 9.98. The Bertz CT molecular complexity index is 682. The predicted molar refractivity (Wildman–Crippen MR) is 105 cm³/mol. The first kappa shape index (κ1) is 17.6. The van der Waals surface area contributed by atoms with Crippen molar-refractivity contribution in [3.63, 3.8) is 0 Å². The van der Waals surface area contributed by atoms with Gasteiger partial charge in [-0.2, -0.15) is 0 Å². The van der Waals surface area contributed by atoms with Gasteiger partial charge in [0.2, 0.25) is 0 Å². The minimum atomic E-state index is 0.412. The molecular weight excluding hydrogens is 306 g/mol. The topological polar surface area (TPSA) is 35.2 Å². The zero-order valence-electron chi connectivity index (χ0n) is 15.2. The van der Waals surface area contributed by atoms with Crippen LogP contribution in [0.5, 0.6) is 5.75 Å². The normalized spacial score (nSPS) is 16.4. The third kappa shape index (κ3) is 5.12. The largest absolute Gasteiger partial charge is 0.490 e. The molecule has 3 rings (SSSR count). The van der Waals surface area contributed by atoms with E-state index in [1.807, 2.05) is 18.2 Å². The molecule has 2 heteroatoms. The van der Waals surface area contributed by atoms with Crippen molar-refractivity contribution in [2.75, 3.05) is 0 Å². The molecule has 0 heterocycles. The van der Waals surface area contributed by atoms with E-state index in [1.54, 1.807) is 0 Å². The summed E-state index contributed by atoms with van der Waals surface area (Å²) < 4.78 is 6.10. The maximum absolute atomic E-state index is 6.29. The van der Waals surface area contributed by atoms with E-state index in [2.05, 4.69) is 43.3 Å². The van der Waals surface area contributed by atoms with Crippen LogP contribution in [0.2, 0.25) is 0 Å². The molecule has 1 fully saturated rings. The van der Waals surface area contributed by atoms with Gasteiger partial charge < -0.3 is 10.5 Å². The van der Waals surface area contributed by atoms with Crippen molar-refractivity contribution >= 4 is 5.70 Å². The molecule has 1 aliphatic rings. The third-order valence-electron chi connectivity index (χ3n) is 5.11. The lowest BCUT2D eigenvalue weighted by molar-refractivity contribution is 0.155. The van der Waals surface area contributed by atoms with Crippen molar-refractivity contribution < 1.29 is 4.74 Å². The summed E-state index contributed by atoms with van der Waals surface area (Å²) in [6, 6.07) is 18.8. The lowest BCUT2D eigenvalue weighted by Crippen LogP contribution is -2.19. The molecule has 0 unspecified atom stereocenters. The van der Waals surface area contributed by atoms with Gasteiger partial charge in [0.05, 0.1) is 6.10 Å². The highest BCUT2D eigenvalue weighted by atomic mass is 16.5. The molecule has 2 nitrogen and oxygen atoms in total. The van der Waals surface area contributed by atoms with Gasteiger partial charge in [-0.3, -0.25) is 0 Å². The highest BCUT2D eigenvalue weighted by molar-refractivity contribution is 5.65. The first-order valence-corrected chi connectivity index (χ1v) is 9.48. The fourth-order valence-corrected chi connectivity index (χ4v) is 3.44. The predicted octanol–water partition coefficient (Wildman–Crippen LogP) is 5.72. The minimum absolute atomic E-state index is 0.412. The van der Waals surface area contributed by atoms with Gasteiger partial charge in [-0.25, -0.2) is 0 Å². The quantitative estimate of drug-likeness (QED) is 0.732. The summed E-state index contributed by atoms with van der Waals surface area (Å²) in [4.78, 5) is 0. The number of benzene rings is 2. The van der Waals surface area contributed by atoms with Gasteiger partial charge in [0.15, 0.2) is 0 Å². The van der Waals surface area contributed by atoms with Crippen LogP contribution >= 0.6 is 0 Å². The van der Waals surface area contributed by atoms with E-state index in [0.29, 0.717) is 6.10 Å². The summed E-state index contributed by atoms with van der Waals surface area (Å²) >= 11 is 0. The second kappa shape index (κ2) is 8.75. The van der Waals surface area contributed by atoms with Crippen LogP contribution in [-0.2, 0) is 6.42 Å². The molecule has 1 aliphatic carbocycles. The molecule has 0 aromatic heterocycles. The number of allylic oxidation sites excluding steroid dienone is 1.